The smallest absolute Gasteiger partial charge is 0.00845 e. The van der Waals surface area contributed by atoms with Crippen LogP contribution in [0.4, 0.5) is 0 Å². The highest BCUT2D eigenvalue weighted by atomic mass is 14.2. The Hall–Kier alpha value is -5.98. The highest BCUT2D eigenvalue weighted by Crippen LogP contribution is 2.40. The van der Waals surface area contributed by atoms with Gasteiger partial charge in [0.15, 0.2) is 0 Å². The lowest BCUT2D eigenvalue weighted by Gasteiger charge is -2.23. The van der Waals surface area contributed by atoms with E-state index in [4.69, 9.17) is 0 Å². The van der Waals surface area contributed by atoms with E-state index in [0.717, 1.165) is 0 Å². The molecule has 0 fully saturated rings. The zero-order valence-electron chi connectivity index (χ0n) is 28.0. The monoisotopic (exact) mass is 626 g/mol. The van der Waals surface area contributed by atoms with E-state index in [1.54, 1.807) is 0 Å². The van der Waals surface area contributed by atoms with Crippen molar-refractivity contribution in [2.45, 2.75) is 19.3 Å². The fraction of sp³-hybridized carbons (Fsp3) is 0.0612. The first-order valence-corrected chi connectivity index (χ1v) is 17.0. The van der Waals surface area contributed by atoms with Crippen LogP contribution in [0, 0.1) is 0 Å². The summed E-state index contributed by atoms with van der Waals surface area (Å²) in [6.45, 7) is 8.44. The average molecular weight is 627 g/mol. The Balaban J connectivity index is 1.21. The minimum Gasteiger partial charge on any atom is -0.0991 e. The van der Waals surface area contributed by atoms with Gasteiger partial charge in [-0.25, -0.2) is 0 Å². The van der Waals surface area contributed by atoms with Crippen molar-refractivity contribution in [2.24, 2.45) is 0 Å². The molecule has 0 saturated carbocycles. The number of fused-ring (bicyclic) bond motifs is 4. The van der Waals surface area contributed by atoms with Crippen LogP contribution in [0.2, 0.25) is 0 Å². The van der Waals surface area contributed by atoms with E-state index >= 15 is 0 Å². The molecule has 49 heavy (non-hydrogen) atoms. The van der Waals surface area contributed by atoms with Crippen LogP contribution < -0.4 is 0 Å². The topological polar surface area (TPSA) is 0 Å². The molecule has 0 bridgehead atoms. The number of benzene rings is 7. The Morgan fingerprint density at radius 2 is 1.16 bits per heavy atom. The molecule has 0 radical (unpaired) electrons. The predicted molar refractivity (Wildman–Crippen MR) is 215 cm³/mol. The molecule has 0 atom stereocenters. The van der Waals surface area contributed by atoms with Crippen molar-refractivity contribution in [1.29, 1.82) is 0 Å². The first-order chi connectivity index (χ1) is 24.0. The lowest BCUT2D eigenvalue weighted by atomic mass is 9.81. The van der Waals surface area contributed by atoms with Gasteiger partial charge in [0.25, 0.3) is 0 Å². The first kappa shape index (κ1) is 30.4. The maximum Gasteiger partial charge on any atom is 0.00845 e. The van der Waals surface area contributed by atoms with Gasteiger partial charge in [0, 0.05) is 5.41 Å². The molecule has 8 rings (SSSR count). The van der Waals surface area contributed by atoms with Crippen molar-refractivity contribution < 1.29 is 0 Å². The third kappa shape index (κ3) is 5.66. The van der Waals surface area contributed by atoms with Gasteiger partial charge in [-0.05, 0) is 94.5 Å². The molecule has 0 saturated heterocycles. The Kier molecular flexibility index (Phi) is 7.78. The van der Waals surface area contributed by atoms with Gasteiger partial charge >= 0.3 is 0 Å². The molecule has 0 heterocycles. The third-order valence-electron chi connectivity index (χ3n) is 9.95. The fourth-order valence-corrected chi connectivity index (χ4v) is 7.37. The highest BCUT2D eigenvalue weighted by Gasteiger charge is 2.20. The molecular weight excluding hydrogens is 589 g/mol. The van der Waals surface area contributed by atoms with E-state index in [-0.39, 0.29) is 5.41 Å². The van der Waals surface area contributed by atoms with Crippen LogP contribution in [0.15, 0.2) is 176 Å². The quantitative estimate of drug-likeness (QED) is 0.167. The van der Waals surface area contributed by atoms with Crippen LogP contribution in [0.3, 0.4) is 0 Å². The normalized spacial score (nSPS) is 14.7. The average Bonchev–Trinajstić information content (AvgIpc) is 3.20. The SMILES string of the molecule is C=C/C=C\c1ccc(-c2ccc(-c3ccc4ccc(C5=C/C=C/c6ccccc6C(C)(C)C=C5)cc4c3)c3ccccc23)c2ccccc12. The zero-order chi connectivity index (χ0) is 33.4. The molecule has 7 aromatic carbocycles. The molecule has 0 unspecified atom stereocenters. The van der Waals surface area contributed by atoms with E-state index < -0.39 is 0 Å². The lowest BCUT2D eigenvalue weighted by molar-refractivity contribution is 0.669. The summed E-state index contributed by atoms with van der Waals surface area (Å²) >= 11 is 0. The molecular formula is C49H38. The molecule has 0 nitrogen and oxygen atoms in total. The van der Waals surface area contributed by atoms with Crippen molar-refractivity contribution in [3.8, 4) is 22.3 Å². The third-order valence-corrected chi connectivity index (χ3v) is 9.95. The number of allylic oxidation sites excluding steroid dienone is 7. The van der Waals surface area contributed by atoms with Crippen molar-refractivity contribution in [3.05, 3.63) is 199 Å². The minimum atomic E-state index is -0.0848. The summed E-state index contributed by atoms with van der Waals surface area (Å²) in [5.74, 6) is 0. The second-order valence-corrected chi connectivity index (χ2v) is 13.4. The van der Waals surface area contributed by atoms with Crippen molar-refractivity contribution in [1.82, 2.24) is 0 Å². The maximum atomic E-state index is 3.86. The zero-order valence-corrected chi connectivity index (χ0v) is 28.0. The van der Waals surface area contributed by atoms with Crippen LogP contribution in [0.1, 0.15) is 36.1 Å². The lowest BCUT2D eigenvalue weighted by Crippen LogP contribution is -2.14. The standard InChI is InChI=1S/C49H38/c1-4-5-13-36-26-27-46(43-18-8-7-17-41(36)43)47-29-28-42(44-19-9-10-20-45(44)47)39-25-23-35-22-24-38(32-40(35)33-39)34-15-12-16-37-14-6-11-21-48(37)49(2,3)31-30-34/h4-33H,1H2,2-3H3/b13-5-,16-12+,31-30?,34-15?. The summed E-state index contributed by atoms with van der Waals surface area (Å²) in [6.07, 6.45) is 17.2. The molecule has 0 N–H and O–H groups in total. The number of hydrogen-bond donors (Lipinski definition) is 0. The molecule has 1 aliphatic rings. The van der Waals surface area contributed by atoms with Gasteiger partial charge in [-0.2, -0.15) is 0 Å². The fourth-order valence-electron chi connectivity index (χ4n) is 7.37. The number of rotatable bonds is 5. The van der Waals surface area contributed by atoms with Crippen LogP contribution >= 0.6 is 0 Å². The van der Waals surface area contributed by atoms with Crippen LogP contribution in [-0.4, -0.2) is 0 Å². The van der Waals surface area contributed by atoms with Gasteiger partial charge in [-0.1, -0.05) is 190 Å². The largest absolute Gasteiger partial charge is 0.0991 e. The molecule has 0 aromatic heterocycles. The second kappa shape index (κ2) is 12.6. The molecule has 0 heteroatoms. The van der Waals surface area contributed by atoms with Gasteiger partial charge in [0.2, 0.25) is 0 Å². The summed E-state index contributed by atoms with van der Waals surface area (Å²) in [5, 5.41) is 7.47. The van der Waals surface area contributed by atoms with Gasteiger partial charge in [0.05, 0.1) is 0 Å². The van der Waals surface area contributed by atoms with Crippen LogP contribution in [0.25, 0.3) is 72.3 Å². The minimum absolute atomic E-state index is 0.0848. The predicted octanol–water partition coefficient (Wildman–Crippen LogP) is 13.6. The van der Waals surface area contributed by atoms with E-state index in [2.05, 4.69) is 190 Å². The van der Waals surface area contributed by atoms with E-state index in [0.29, 0.717) is 0 Å². The summed E-state index contributed by atoms with van der Waals surface area (Å²) in [7, 11) is 0. The highest BCUT2D eigenvalue weighted by molar-refractivity contribution is 6.11. The Bertz CT molecular complexity index is 2530. The first-order valence-electron chi connectivity index (χ1n) is 17.0. The second-order valence-electron chi connectivity index (χ2n) is 13.4. The summed E-state index contributed by atoms with van der Waals surface area (Å²) in [5.41, 5.74) is 11.1. The van der Waals surface area contributed by atoms with Crippen molar-refractivity contribution >= 4 is 50.0 Å². The number of hydrogen-bond acceptors (Lipinski definition) is 0. The van der Waals surface area contributed by atoms with E-state index in [1.807, 2.05) is 12.2 Å². The molecule has 234 valence electrons. The van der Waals surface area contributed by atoms with Gasteiger partial charge < -0.3 is 0 Å². The summed E-state index contributed by atoms with van der Waals surface area (Å²) < 4.78 is 0. The van der Waals surface area contributed by atoms with Crippen molar-refractivity contribution in [3.63, 3.8) is 0 Å². The van der Waals surface area contributed by atoms with Gasteiger partial charge in [-0.3, -0.25) is 0 Å². The van der Waals surface area contributed by atoms with Gasteiger partial charge in [0.1, 0.15) is 0 Å². The van der Waals surface area contributed by atoms with Crippen LogP contribution in [0.5, 0.6) is 0 Å². The summed E-state index contributed by atoms with van der Waals surface area (Å²) in [6, 6.07) is 49.0. The Morgan fingerprint density at radius 1 is 0.551 bits per heavy atom. The molecule has 1 aliphatic carbocycles. The van der Waals surface area contributed by atoms with Gasteiger partial charge in [-0.15, -0.1) is 0 Å². The molecule has 0 amide bonds. The Morgan fingerprint density at radius 3 is 1.94 bits per heavy atom. The molecule has 0 spiro atoms. The molecule has 7 aromatic rings. The molecule has 0 aliphatic heterocycles. The van der Waals surface area contributed by atoms with Crippen molar-refractivity contribution in [2.75, 3.05) is 0 Å². The maximum absolute atomic E-state index is 3.86. The van der Waals surface area contributed by atoms with E-state index in [9.17, 15) is 0 Å². The Labute approximate surface area is 289 Å². The van der Waals surface area contributed by atoms with E-state index in [1.165, 1.54) is 82.4 Å². The summed E-state index contributed by atoms with van der Waals surface area (Å²) in [4.78, 5) is 0. The van der Waals surface area contributed by atoms with Crippen LogP contribution in [-0.2, 0) is 5.41 Å².